The highest BCUT2D eigenvalue weighted by Crippen LogP contribution is 2.21. The minimum absolute atomic E-state index is 0.254. The van der Waals surface area contributed by atoms with Crippen LogP contribution in [0.2, 0.25) is 5.02 Å². The van der Waals surface area contributed by atoms with E-state index in [-0.39, 0.29) is 5.56 Å². The Balaban J connectivity index is 1.77. The van der Waals surface area contributed by atoms with Gasteiger partial charge < -0.3 is 10.4 Å². The third-order valence-corrected chi connectivity index (χ3v) is 3.83. The maximum atomic E-state index is 11.4. The molecule has 0 atom stereocenters. The summed E-state index contributed by atoms with van der Waals surface area (Å²) >= 11 is 5.86. The van der Waals surface area contributed by atoms with Gasteiger partial charge in [0, 0.05) is 17.0 Å². The average Bonchev–Trinajstić information content (AvgIpc) is 2.56. The quantitative estimate of drug-likeness (QED) is 0.736. The molecule has 3 aromatic rings. The Morgan fingerprint density at radius 3 is 2.61 bits per heavy atom. The number of hydrogen-bond donors (Lipinski definition) is 2. The van der Waals surface area contributed by atoms with E-state index < -0.39 is 5.97 Å². The van der Waals surface area contributed by atoms with E-state index in [0.717, 1.165) is 12.0 Å². The summed E-state index contributed by atoms with van der Waals surface area (Å²) in [6.07, 6.45) is 0.800. The summed E-state index contributed by atoms with van der Waals surface area (Å²) in [6.45, 7) is 0.659. The van der Waals surface area contributed by atoms with Crippen molar-refractivity contribution >= 4 is 34.3 Å². The second kappa shape index (κ2) is 6.67. The number of nitrogens with one attached hydrogen (secondary N) is 1. The highest BCUT2D eigenvalue weighted by molar-refractivity contribution is 6.30. The Kier molecular flexibility index (Phi) is 4.44. The minimum atomic E-state index is -0.954. The van der Waals surface area contributed by atoms with Crippen molar-refractivity contribution < 1.29 is 9.90 Å². The van der Waals surface area contributed by atoms with Crippen LogP contribution >= 0.6 is 11.6 Å². The van der Waals surface area contributed by atoms with Gasteiger partial charge in [-0.1, -0.05) is 41.9 Å². The minimum Gasteiger partial charge on any atom is -0.478 e. The van der Waals surface area contributed by atoms with Crippen LogP contribution in [0.3, 0.4) is 0 Å². The Morgan fingerprint density at radius 1 is 1.13 bits per heavy atom. The number of carboxylic acid groups (broad SMARTS) is 1. The van der Waals surface area contributed by atoms with Gasteiger partial charge in [0.15, 0.2) is 0 Å². The molecule has 0 bridgehead atoms. The Labute approximate surface area is 138 Å². The van der Waals surface area contributed by atoms with Crippen LogP contribution < -0.4 is 5.32 Å². The molecule has 3 rings (SSSR count). The number of hydrogen-bond acceptors (Lipinski definition) is 3. The van der Waals surface area contributed by atoms with E-state index in [9.17, 15) is 9.90 Å². The van der Waals surface area contributed by atoms with E-state index >= 15 is 0 Å². The zero-order chi connectivity index (χ0) is 16.2. The van der Waals surface area contributed by atoms with Crippen LogP contribution in [-0.2, 0) is 6.42 Å². The fourth-order valence-corrected chi connectivity index (χ4v) is 2.55. The summed E-state index contributed by atoms with van der Waals surface area (Å²) in [5.41, 5.74) is 2.08. The first-order valence-corrected chi connectivity index (χ1v) is 7.63. The number of carbonyl (C=O) groups is 1. The van der Waals surface area contributed by atoms with Crippen molar-refractivity contribution in [2.45, 2.75) is 6.42 Å². The first kappa shape index (κ1) is 15.3. The summed E-state index contributed by atoms with van der Waals surface area (Å²) in [4.78, 5) is 15.9. The Morgan fingerprint density at radius 2 is 1.87 bits per heavy atom. The predicted octanol–water partition coefficient (Wildman–Crippen LogP) is 4.24. The molecule has 4 nitrogen and oxygen atoms in total. The summed E-state index contributed by atoms with van der Waals surface area (Å²) in [6, 6.07) is 16.5. The Bertz CT molecular complexity index is 847. The fraction of sp³-hybridized carbons (Fsp3) is 0.111. The number of carboxylic acids is 1. The van der Waals surface area contributed by atoms with Crippen molar-refractivity contribution in [1.82, 2.24) is 4.98 Å². The molecule has 2 N–H and O–H groups in total. The molecule has 1 aromatic heterocycles. The molecule has 0 aliphatic rings. The maximum absolute atomic E-state index is 11.4. The average molecular weight is 327 g/mol. The van der Waals surface area contributed by atoms with Crippen LogP contribution in [0.1, 0.15) is 15.9 Å². The van der Waals surface area contributed by atoms with Gasteiger partial charge in [0.2, 0.25) is 0 Å². The largest absolute Gasteiger partial charge is 0.478 e. The molecule has 23 heavy (non-hydrogen) atoms. The lowest BCUT2D eigenvalue weighted by Gasteiger charge is -2.09. The lowest BCUT2D eigenvalue weighted by Crippen LogP contribution is -2.08. The monoisotopic (exact) mass is 326 g/mol. The molecular formula is C18H15ClN2O2. The number of aromatic carboxylic acids is 1. The zero-order valence-corrected chi connectivity index (χ0v) is 13.0. The van der Waals surface area contributed by atoms with Crippen LogP contribution in [0.5, 0.6) is 0 Å². The third kappa shape index (κ3) is 3.60. The molecule has 0 radical (unpaired) electrons. The first-order valence-electron chi connectivity index (χ1n) is 7.25. The standard InChI is InChI=1S/C18H15ClN2O2/c19-13-7-5-12(6-8-13)9-10-20-17-11-15(18(22)23)14-3-1-2-4-16(14)21-17/h1-8,11H,9-10H2,(H,20,21)(H,22,23). The van der Waals surface area contributed by atoms with Gasteiger partial charge in [-0.25, -0.2) is 9.78 Å². The molecule has 116 valence electrons. The van der Waals surface area contributed by atoms with Gasteiger partial charge in [-0.05, 0) is 36.2 Å². The number of pyridine rings is 1. The van der Waals surface area contributed by atoms with Gasteiger partial charge in [-0.3, -0.25) is 0 Å². The highest BCUT2D eigenvalue weighted by Gasteiger charge is 2.11. The van der Waals surface area contributed by atoms with Crippen LogP contribution in [0, 0.1) is 0 Å². The van der Waals surface area contributed by atoms with E-state index in [1.165, 1.54) is 0 Å². The van der Waals surface area contributed by atoms with Gasteiger partial charge in [0.25, 0.3) is 0 Å². The normalized spacial score (nSPS) is 10.7. The van der Waals surface area contributed by atoms with Crippen molar-refractivity contribution in [2.24, 2.45) is 0 Å². The molecule has 0 unspecified atom stereocenters. The lowest BCUT2D eigenvalue weighted by molar-refractivity contribution is 0.0699. The number of halogens is 1. The van der Waals surface area contributed by atoms with Crippen LogP contribution in [-0.4, -0.2) is 22.6 Å². The van der Waals surface area contributed by atoms with Crippen molar-refractivity contribution in [3.05, 3.63) is 70.7 Å². The number of anilines is 1. The Hall–Kier alpha value is -2.59. The molecule has 0 amide bonds. The molecule has 0 aliphatic heterocycles. The fourth-order valence-electron chi connectivity index (χ4n) is 2.43. The van der Waals surface area contributed by atoms with E-state index in [0.29, 0.717) is 28.3 Å². The second-order valence-corrected chi connectivity index (χ2v) is 5.62. The number of aromatic nitrogens is 1. The number of rotatable bonds is 5. The summed E-state index contributed by atoms with van der Waals surface area (Å²) in [7, 11) is 0. The van der Waals surface area contributed by atoms with Crippen molar-refractivity contribution in [2.75, 3.05) is 11.9 Å². The smallest absolute Gasteiger partial charge is 0.336 e. The molecule has 0 fully saturated rings. The first-order chi connectivity index (χ1) is 11.1. The number of benzene rings is 2. The molecule has 0 saturated carbocycles. The zero-order valence-electron chi connectivity index (χ0n) is 12.3. The van der Waals surface area contributed by atoms with Crippen LogP contribution in [0.25, 0.3) is 10.9 Å². The van der Waals surface area contributed by atoms with Crippen LogP contribution in [0.15, 0.2) is 54.6 Å². The summed E-state index contributed by atoms with van der Waals surface area (Å²) in [5, 5.41) is 13.9. The van der Waals surface area contributed by atoms with Crippen molar-refractivity contribution in [1.29, 1.82) is 0 Å². The van der Waals surface area contributed by atoms with Crippen molar-refractivity contribution in [3.63, 3.8) is 0 Å². The lowest BCUT2D eigenvalue weighted by atomic mass is 10.1. The van der Waals surface area contributed by atoms with Gasteiger partial charge in [0.05, 0.1) is 11.1 Å². The molecule has 0 aliphatic carbocycles. The van der Waals surface area contributed by atoms with Crippen molar-refractivity contribution in [3.8, 4) is 0 Å². The topological polar surface area (TPSA) is 62.2 Å². The maximum Gasteiger partial charge on any atom is 0.336 e. The molecule has 5 heteroatoms. The molecule has 0 saturated heterocycles. The molecule has 0 spiro atoms. The second-order valence-electron chi connectivity index (χ2n) is 5.18. The molecule has 2 aromatic carbocycles. The number of nitrogens with zero attached hydrogens (tertiary/aromatic N) is 1. The van der Waals surface area contributed by atoms with E-state index in [1.807, 2.05) is 42.5 Å². The van der Waals surface area contributed by atoms with E-state index in [4.69, 9.17) is 11.6 Å². The van der Waals surface area contributed by atoms with Gasteiger partial charge in [0.1, 0.15) is 5.82 Å². The molecular weight excluding hydrogens is 312 g/mol. The van der Waals surface area contributed by atoms with Crippen LogP contribution in [0.4, 0.5) is 5.82 Å². The molecule has 1 heterocycles. The van der Waals surface area contributed by atoms with Gasteiger partial charge in [-0.15, -0.1) is 0 Å². The highest BCUT2D eigenvalue weighted by atomic mass is 35.5. The SMILES string of the molecule is O=C(O)c1cc(NCCc2ccc(Cl)cc2)nc2ccccc12. The number of para-hydroxylation sites is 1. The summed E-state index contributed by atoms with van der Waals surface area (Å²) < 4.78 is 0. The van der Waals surface area contributed by atoms with E-state index in [2.05, 4.69) is 10.3 Å². The predicted molar refractivity (Wildman–Crippen MR) is 92.3 cm³/mol. The number of fused-ring (bicyclic) bond motifs is 1. The van der Waals surface area contributed by atoms with Gasteiger partial charge in [-0.2, -0.15) is 0 Å². The van der Waals surface area contributed by atoms with Gasteiger partial charge >= 0.3 is 5.97 Å². The van der Waals surface area contributed by atoms with E-state index in [1.54, 1.807) is 12.1 Å². The third-order valence-electron chi connectivity index (χ3n) is 3.58. The summed E-state index contributed by atoms with van der Waals surface area (Å²) in [5.74, 6) is -0.389.